The standard InChI is InChI=1S/C20H17FN2O3S/c1-3-22-12-6-4-11(5-7-12)13-9-16-14(8-15(13)21)18(24)17(20(25)26)19-23(16)10(2)27-19/h4-10,22H,3H2,1-2H3,(H,25,26). The molecule has 138 valence electrons. The fraction of sp³-hybridized carbons (Fsp3) is 0.200. The van der Waals surface area contributed by atoms with E-state index in [1.165, 1.54) is 11.8 Å². The molecule has 0 bridgehead atoms. The van der Waals surface area contributed by atoms with Crippen molar-refractivity contribution in [3.05, 3.63) is 58.0 Å². The van der Waals surface area contributed by atoms with Gasteiger partial charge in [-0.3, -0.25) is 4.79 Å². The quantitative estimate of drug-likeness (QED) is 0.690. The highest BCUT2D eigenvalue weighted by Crippen LogP contribution is 2.46. The van der Waals surface area contributed by atoms with Crippen molar-refractivity contribution in [1.29, 1.82) is 0 Å². The first-order chi connectivity index (χ1) is 12.9. The lowest BCUT2D eigenvalue weighted by Crippen LogP contribution is -2.28. The lowest BCUT2D eigenvalue weighted by Gasteiger charge is -2.32. The first-order valence-corrected chi connectivity index (χ1v) is 9.46. The maximum absolute atomic E-state index is 14.8. The van der Waals surface area contributed by atoms with E-state index >= 15 is 0 Å². The number of nitrogens with one attached hydrogen (secondary N) is 1. The second-order valence-electron chi connectivity index (χ2n) is 6.36. The molecule has 2 N–H and O–H groups in total. The molecule has 0 saturated heterocycles. The average molecular weight is 384 g/mol. The maximum Gasteiger partial charge on any atom is 0.342 e. The summed E-state index contributed by atoms with van der Waals surface area (Å²) in [7, 11) is 0. The van der Waals surface area contributed by atoms with Gasteiger partial charge in [-0.1, -0.05) is 23.9 Å². The summed E-state index contributed by atoms with van der Waals surface area (Å²) in [5.74, 6) is -1.83. The van der Waals surface area contributed by atoms with Crippen LogP contribution >= 0.6 is 11.8 Å². The zero-order valence-electron chi connectivity index (χ0n) is 14.7. The van der Waals surface area contributed by atoms with Crippen LogP contribution in [0.4, 0.5) is 10.1 Å². The lowest BCUT2D eigenvalue weighted by molar-refractivity contribution is 0.0689. The molecule has 0 fully saturated rings. The summed E-state index contributed by atoms with van der Waals surface area (Å²) >= 11 is 1.33. The Morgan fingerprint density at radius 3 is 2.59 bits per heavy atom. The van der Waals surface area contributed by atoms with Gasteiger partial charge in [-0.15, -0.1) is 0 Å². The summed E-state index contributed by atoms with van der Waals surface area (Å²) in [5.41, 5.74) is 1.65. The Morgan fingerprint density at radius 1 is 1.30 bits per heavy atom. The van der Waals surface area contributed by atoms with Crippen LogP contribution in [-0.2, 0) is 0 Å². The summed E-state index contributed by atoms with van der Waals surface area (Å²) in [5, 5.41) is 13.1. The number of halogens is 1. The number of anilines is 1. The number of thioether (sulfide) groups is 1. The fourth-order valence-electron chi connectivity index (χ4n) is 3.43. The molecule has 0 amide bonds. The molecular weight excluding hydrogens is 367 g/mol. The molecule has 1 aliphatic heterocycles. The van der Waals surface area contributed by atoms with E-state index in [4.69, 9.17) is 0 Å². The van der Waals surface area contributed by atoms with Gasteiger partial charge in [0.25, 0.3) is 0 Å². The largest absolute Gasteiger partial charge is 0.477 e. The van der Waals surface area contributed by atoms with Crippen LogP contribution in [0.2, 0.25) is 0 Å². The SMILES string of the molecule is CCNc1ccc(-c2cc3c(cc2F)c(=O)c(C(=O)O)c2n3C(C)S2)cc1. The van der Waals surface area contributed by atoms with Gasteiger partial charge in [0.05, 0.1) is 15.9 Å². The number of hydrogen-bond acceptors (Lipinski definition) is 4. The maximum atomic E-state index is 14.8. The van der Waals surface area contributed by atoms with Crippen molar-refractivity contribution >= 4 is 34.3 Å². The molecule has 1 aliphatic rings. The average Bonchev–Trinajstić information content (AvgIpc) is 2.62. The first kappa shape index (κ1) is 17.6. The molecule has 0 spiro atoms. The normalized spacial score (nSPS) is 15.3. The summed E-state index contributed by atoms with van der Waals surface area (Å²) < 4.78 is 16.6. The number of carboxylic acids is 1. The van der Waals surface area contributed by atoms with Crippen molar-refractivity contribution in [2.45, 2.75) is 24.2 Å². The number of carbonyl (C=O) groups is 1. The van der Waals surface area contributed by atoms with Gasteiger partial charge in [0.2, 0.25) is 5.43 Å². The highest BCUT2D eigenvalue weighted by molar-refractivity contribution is 8.00. The Kier molecular flexibility index (Phi) is 4.19. The smallest absolute Gasteiger partial charge is 0.342 e. The highest BCUT2D eigenvalue weighted by atomic mass is 32.2. The Bertz CT molecular complexity index is 1140. The Balaban J connectivity index is 1.95. The number of aromatic nitrogens is 1. The Hall–Kier alpha value is -2.80. The molecule has 1 aromatic heterocycles. The van der Waals surface area contributed by atoms with Crippen LogP contribution in [0.1, 0.15) is 29.6 Å². The number of carboxylic acid groups (broad SMARTS) is 1. The van der Waals surface area contributed by atoms with Crippen LogP contribution in [0.15, 0.2) is 46.2 Å². The summed E-state index contributed by atoms with van der Waals surface area (Å²) in [6.45, 7) is 4.71. The highest BCUT2D eigenvalue weighted by Gasteiger charge is 2.33. The molecule has 1 unspecified atom stereocenters. The summed E-state index contributed by atoms with van der Waals surface area (Å²) in [4.78, 5) is 24.1. The van der Waals surface area contributed by atoms with Crippen molar-refractivity contribution in [3.63, 3.8) is 0 Å². The van der Waals surface area contributed by atoms with Crippen molar-refractivity contribution in [3.8, 4) is 11.1 Å². The molecular formula is C20H17FN2O3S. The summed E-state index contributed by atoms with van der Waals surface area (Å²) in [6.07, 6.45) is 0. The molecule has 27 heavy (non-hydrogen) atoms. The topological polar surface area (TPSA) is 71.3 Å². The van der Waals surface area contributed by atoms with E-state index < -0.39 is 17.2 Å². The molecule has 2 aromatic carbocycles. The van der Waals surface area contributed by atoms with Gasteiger partial charge in [0.1, 0.15) is 11.4 Å². The monoisotopic (exact) mass is 384 g/mol. The van der Waals surface area contributed by atoms with E-state index in [-0.39, 0.29) is 16.3 Å². The minimum absolute atomic E-state index is 0.0179. The lowest BCUT2D eigenvalue weighted by atomic mass is 10.0. The third kappa shape index (κ3) is 2.70. The fourth-order valence-corrected chi connectivity index (χ4v) is 4.58. The van der Waals surface area contributed by atoms with Gasteiger partial charge >= 0.3 is 5.97 Å². The van der Waals surface area contributed by atoms with E-state index in [1.54, 1.807) is 10.6 Å². The van der Waals surface area contributed by atoms with Crippen LogP contribution < -0.4 is 10.7 Å². The number of hydrogen-bond donors (Lipinski definition) is 2. The molecule has 5 nitrogen and oxygen atoms in total. The van der Waals surface area contributed by atoms with Crippen molar-refractivity contribution < 1.29 is 14.3 Å². The minimum Gasteiger partial charge on any atom is -0.477 e. The number of fused-ring (bicyclic) bond motifs is 3. The Morgan fingerprint density at radius 2 is 2.00 bits per heavy atom. The predicted molar refractivity (Wildman–Crippen MR) is 105 cm³/mol. The van der Waals surface area contributed by atoms with Gasteiger partial charge < -0.3 is 15.0 Å². The predicted octanol–water partition coefficient (Wildman–Crippen LogP) is 4.56. The number of pyridine rings is 1. The van der Waals surface area contributed by atoms with Crippen LogP contribution in [0, 0.1) is 5.82 Å². The second kappa shape index (κ2) is 6.42. The number of benzene rings is 2. The van der Waals surface area contributed by atoms with Gasteiger partial charge in [-0.25, -0.2) is 9.18 Å². The van der Waals surface area contributed by atoms with E-state index in [2.05, 4.69) is 5.32 Å². The van der Waals surface area contributed by atoms with E-state index in [1.807, 2.05) is 38.1 Å². The zero-order chi connectivity index (χ0) is 19.3. The van der Waals surface area contributed by atoms with Gasteiger partial charge in [0.15, 0.2) is 0 Å². The van der Waals surface area contributed by atoms with Gasteiger partial charge in [-0.05, 0) is 43.7 Å². The zero-order valence-corrected chi connectivity index (χ0v) is 15.6. The third-order valence-corrected chi connectivity index (χ3v) is 5.86. The Labute approximate surface area is 158 Å². The van der Waals surface area contributed by atoms with E-state index in [9.17, 15) is 19.1 Å². The number of aromatic carboxylic acids is 1. The van der Waals surface area contributed by atoms with Gasteiger partial charge in [-0.2, -0.15) is 0 Å². The minimum atomic E-state index is -1.28. The molecule has 0 radical (unpaired) electrons. The molecule has 1 atom stereocenters. The number of rotatable bonds is 4. The molecule has 7 heteroatoms. The summed E-state index contributed by atoms with van der Waals surface area (Å²) in [6, 6.07) is 10.2. The van der Waals surface area contributed by atoms with Crippen LogP contribution in [0.3, 0.4) is 0 Å². The molecule has 2 heterocycles. The first-order valence-electron chi connectivity index (χ1n) is 8.58. The van der Waals surface area contributed by atoms with E-state index in [0.29, 0.717) is 21.7 Å². The van der Waals surface area contributed by atoms with Crippen molar-refractivity contribution in [1.82, 2.24) is 4.57 Å². The molecule has 4 rings (SSSR count). The second-order valence-corrected chi connectivity index (χ2v) is 7.66. The third-order valence-electron chi connectivity index (χ3n) is 4.69. The van der Waals surface area contributed by atoms with Crippen LogP contribution in [0.25, 0.3) is 22.0 Å². The van der Waals surface area contributed by atoms with Crippen molar-refractivity contribution in [2.24, 2.45) is 0 Å². The molecule has 0 saturated carbocycles. The van der Waals surface area contributed by atoms with E-state index in [0.717, 1.165) is 18.3 Å². The van der Waals surface area contributed by atoms with Crippen molar-refractivity contribution in [2.75, 3.05) is 11.9 Å². The van der Waals surface area contributed by atoms with Gasteiger partial charge in [0, 0.05) is 23.2 Å². The molecule has 0 aliphatic carbocycles. The molecule has 3 aromatic rings. The number of nitrogens with zero attached hydrogens (tertiary/aromatic N) is 1. The van der Waals surface area contributed by atoms with Crippen LogP contribution in [-0.4, -0.2) is 22.2 Å². The van der Waals surface area contributed by atoms with Crippen LogP contribution in [0.5, 0.6) is 0 Å².